The Morgan fingerprint density at radius 1 is 1.17 bits per heavy atom. The SMILES string of the molecule is C[C@]1(CCCCCCF)COCc2ccccc21. The van der Waals surface area contributed by atoms with Gasteiger partial charge in [0, 0.05) is 5.41 Å². The van der Waals surface area contributed by atoms with Crippen LogP contribution in [-0.2, 0) is 16.8 Å². The molecule has 1 aromatic rings. The quantitative estimate of drug-likeness (QED) is 0.680. The van der Waals surface area contributed by atoms with Crippen LogP contribution in [0.5, 0.6) is 0 Å². The summed E-state index contributed by atoms with van der Waals surface area (Å²) < 4.78 is 17.8. The van der Waals surface area contributed by atoms with Crippen LogP contribution in [0.15, 0.2) is 24.3 Å². The number of rotatable bonds is 6. The van der Waals surface area contributed by atoms with E-state index >= 15 is 0 Å². The normalized spacial score (nSPS) is 22.8. The fraction of sp³-hybridized carbons (Fsp3) is 0.625. The minimum Gasteiger partial charge on any atom is -0.376 e. The molecule has 1 aliphatic heterocycles. The number of halogens is 1. The molecule has 2 heteroatoms. The molecule has 0 fully saturated rings. The van der Waals surface area contributed by atoms with Gasteiger partial charge in [-0.2, -0.15) is 0 Å². The van der Waals surface area contributed by atoms with Crippen molar-refractivity contribution in [1.29, 1.82) is 0 Å². The number of benzene rings is 1. The van der Waals surface area contributed by atoms with E-state index < -0.39 is 0 Å². The molecule has 0 aliphatic carbocycles. The van der Waals surface area contributed by atoms with E-state index in [-0.39, 0.29) is 12.1 Å². The van der Waals surface area contributed by atoms with E-state index in [0.29, 0.717) is 6.42 Å². The molecule has 0 saturated carbocycles. The summed E-state index contributed by atoms with van der Waals surface area (Å²) in [4.78, 5) is 0. The van der Waals surface area contributed by atoms with Gasteiger partial charge in [-0.25, -0.2) is 0 Å². The third-order valence-corrected chi connectivity index (χ3v) is 3.96. The molecule has 1 nitrogen and oxygen atoms in total. The summed E-state index contributed by atoms with van der Waals surface area (Å²) in [6.45, 7) is 3.67. The Hall–Kier alpha value is -0.890. The van der Waals surface area contributed by atoms with Crippen LogP contribution >= 0.6 is 0 Å². The molecular formula is C16H23FO. The number of fused-ring (bicyclic) bond motifs is 1. The number of unbranched alkanes of at least 4 members (excludes halogenated alkanes) is 3. The van der Waals surface area contributed by atoms with Crippen molar-refractivity contribution >= 4 is 0 Å². The fourth-order valence-corrected chi connectivity index (χ4v) is 2.87. The van der Waals surface area contributed by atoms with Gasteiger partial charge in [0.1, 0.15) is 0 Å². The van der Waals surface area contributed by atoms with Crippen LogP contribution in [0.25, 0.3) is 0 Å². The lowest BCUT2D eigenvalue weighted by atomic mass is 9.75. The Kier molecular flexibility index (Phi) is 4.76. The molecule has 1 aromatic carbocycles. The zero-order chi connectivity index (χ0) is 12.8. The molecule has 0 spiro atoms. The van der Waals surface area contributed by atoms with Gasteiger partial charge in [0.05, 0.1) is 19.9 Å². The molecule has 0 amide bonds. The van der Waals surface area contributed by atoms with Gasteiger partial charge in [0.2, 0.25) is 0 Å². The summed E-state index contributed by atoms with van der Waals surface area (Å²) in [6, 6.07) is 8.59. The molecule has 0 radical (unpaired) electrons. The summed E-state index contributed by atoms with van der Waals surface area (Å²) in [7, 11) is 0. The van der Waals surface area contributed by atoms with Crippen LogP contribution in [0.1, 0.15) is 50.2 Å². The van der Waals surface area contributed by atoms with E-state index in [4.69, 9.17) is 4.74 Å². The molecule has 0 N–H and O–H groups in total. The Morgan fingerprint density at radius 3 is 2.78 bits per heavy atom. The van der Waals surface area contributed by atoms with Gasteiger partial charge in [-0.15, -0.1) is 0 Å². The first-order valence-corrected chi connectivity index (χ1v) is 6.98. The second kappa shape index (κ2) is 6.33. The van der Waals surface area contributed by atoms with Gasteiger partial charge >= 0.3 is 0 Å². The van der Waals surface area contributed by atoms with Crippen molar-refractivity contribution in [2.75, 3.05) is 13.3 Å². The maximum absolute atomic E-state index is 12.0. The van der Waals surface area contributed by atoms with Gasteiger partial charge in [0.15, 0.2) is 0 Å². The highest BCUT2D eigenvalue weighted by molar-refractivity contribution is 5.35. The molecule has 1 atom stereocenters. The summed E-state index contributed by atoms with van der Waals surface area (Å²) >= 11 is 0. The van der Waals surface area contributed by atoms with Crippen LogP contribution in [0.2, 0.25) is 0 Å². The van der Waals surface area contributed by atoms with Crippen molar-refractivity contribution < 1.29 is 9.13 Å². The maximum Gasteiger partial charge on any atom is 0.0894 e. The average molecular weight is 250 g/mol. The summed E-state index contributed by atoms with van der Waals surface area (Å²) in [5, 5.41) is 0. The van der Waals surface area contributed by atoms with Gasteiger partial charge < -0.3 is 4.74 Å². The van der Waals surface area contributed by atoms with Gasteiger partial charge in [-0.05, 0) is 24.0 Å². The lowest BCUT2D eigenvalue weighted by molar-refractivity contribution is 0.0530. The highest BCUT2D eigenvalue weighted by Crippen LogP contribution is 2.36. The summed E-state index contributed by atoms with van der Waals surface area (Å²) in [6.07, 6.45) is 5.14. The first-order chi connectivity index (χ1) is 8.76. The third kappa shape index (κ3) is 3.11. The Balaban J connectivity index is 1.95. The van der Waals surface area contributed by atoms with E-state index in [2.05, 4.69) is 31.2 Å². The predicted molar refractivity (Wildman–Crippen MR) is 72.5 cm³/mol. The van der Waals surface area contributed by atoms with Crippen molar-refractivity contribution in [3.63, 3.8) is 0 Å². The highest BCUT2D eigenvalue weighted by atomic mass is 19.1. The second-order valence-corrected chi connectivity index (χ2v) is 5.56. The largest absolute Gasteiger partial charge is 0.376 e. The minimum atomic E-state index is -0.177. The smallest absolute Gasteiger partial charge is 0.0894 e. The number of ether oxygens (including phenoxy) is 1. The minimum absolute atomic E-state index is 0.143. The van der Waals surface area contributed by atoms with Crippen molar-refractivity contribution in [2.24, 2.45) is 0 Å². The Bertz CT molecular complexity index is 377. The average Bonchev–Trinajstić information content (AvgIpc) is 2.39. The first-order valence-electron chi connectivity index (χ1n) is 6.98. The molecule has 100 valence electrons. The maximum atomic E-state index is 12.0. The topological polar surface area (TPSA) is 9.23 Å². The van der Waals surface area contributed by atoms with Crippen molar-refractivity contribution in [1.82, 2.24) is 0 Å². The zero-order valence-corrected chi connectivity index (χ0v) is 11.3. The van der Waals surface area contributed by atoms with Crippen molar-refractivity contribution in [3.05, 3.63) is 35.4 Å². The van der Waals surface area contributed by atoms with Gasteiger partial charge in [-0.3, -0.25) is 4.39 Å². The van der Waals surface area contributed by atoms with E-state index in [1.54, 1.807) is 0 Å². The lowest BCUT2D eigenvalue weighted by Crippen LogP contribution is -2.33. The molecule has 1 aliphatic rings. The number of hydrogen-bond donors (Lipinski definition) is 0. The lowest BCUT2D eigenvalue weighted by Gasteiger charge is -2.36. The van der Waals surface area contributed by atoms with Crippen molar-refractivity contribution in [3.8, 4) is 0 Å². The molecule has 2 rings (SSSR count). The third-order valence-electron chi connectivity index (χ3n) is 3.96. The molecule has 0 unspecified atom stereocenters. The summed E-state index contributed by atoms with van der Waals surface area (Å²) in [5.41, 5.74) is 2.92. The van der Waals surface area contributed by atoms with Crippen LogP contribution in [0, 0.1) is 0 Å². The molecule has 0 bridgehead atoms. The van der Waals surface area contributed by atoms with E-state index in [1.165, 1.54) is 11.1 Å². The molecule has 18 heavy (non-hydrogen) atoms. The number of hydrogen-bond acceptors (Lipinski definition) is 1. The van der Waals surface area contributed by atoms with Crippen LogP contribution in [0.3, 0.4) is 0 Å². The van der Waals surface area contributed by atoms with Gasteiger partial charge in [-0.1, -0.05) is 50.5 Å². The molecule has 1 heterocycles. The Labute approximate surface area is 109 Å². The van der Waals surface area contributed by atoms with E-state index in [0.717, 1.165) is 38.9 Å². The predicted octanol–water partition coefficient (Wildman–Crippen LogP) is 4.39. The second-order valence-electron chi connectivity index (χ2n) is 5.56. The Morgan fingerprint density at radius 2 is 1.94 bits per heavy atom. The summed E-state index contributed by atoms with van der Waals surface area (Å²) in [5.74, 6) is 0. The molecule has 0 saturated heterocycles. The van der Waals surface area contributed by atoms with E-state index in [1.807, 2.05) is 0 Å². The van der Waals surface area contributed by atoms with Crippen LogP contribution in [0.4, 0.5) is 4.39 Å². The number of alkyl halides is 1. The zero-order valence-electron chi connectivity index (χ0n) is 11.3. The van der Waals surface area contributed by atoms with Crippen molar-refractivity contribution in [2.45, 2.75) is 51.0 Å². The molecule has 0 aromatic heterocycles. The fourth-order valence-electron chi connectivity index (χ4n) is 2.87. The standard InChI is InChI=1S/C16H23FO/c1-16(10-6-2-3-7-11-17)13-18-12-14-8-4-5-9-15(14)16/h4-5,8-9H,2-3,6-7,10-13H2,1H3/t16-/m0/s1. The van der Waals surface area contributed by atoms with Gasteiger partial charge in [0.25, 0.3) is 0 Å². The van der Waals surface area contributed by atoms with E-state index in [9.17, 15) is 4.39 Å². The van der Waals surface area contributed by atoms with Crippen LogP contribution < -0.4 is 0 Å². The van der Waals surface area contributed by atoms with Crippen LogP contribution in [-0.4, -0.2) is 13.3 Å². The first kappa shape index (κ1) is 13.5. The monoisotopic (exact) mass is 250 g/mol. The molecular weight excluding hydrogens is 227 g/mol. The highest BCUT2D eigenvalue weighted by Gasteiger charge is 2.31.